The van der Waals surface area contributed by atoms with E-state index in [0.717, 1.165) is 5.92 Å². The molecule has 4 rings (SSSR count). The van der Waals surface area contributed by atoms with Crippen LogP contribution in [0.15, 0.2) is 48.5 Å². The van der Waals surface area contributed by atoms with Crippen LogP contribution in [0.5, 0.6) is 5.75 Å². The summed E-state index contributed by atoms with van der Waals surface area (Å²) in [6.45, 7) is 0. The van der Waals surface area contributed by atoms with Gasteiger partial charge >= 0.3 is 0 Å². The third kappa shape index (κ3) is 3.22. The Bertz CT molecular complexity index is 658. The van der Waals surface area contributed by atoms with E-state index in [1.54, 1.807) is 0 Å². The van der Waals surface area contributed by atoms with Gasteiger partial charge in [-0.05, 0) is 60.4 Å². The lowest BCUT2D eigenvalue weighted by Crippen LogP contribution is -2.30. The first-order valence-corrected chi connectivity index (χ1v) is 9.65. The predicted octanol–water partition coefficient (Wildman–Crippen LogP) is 5.99. The lowest BCUT2D eigenvalue weighted by Gasteiger charge is -2.38. The topological polar surface area (TPSA) is 20.2 Å². The van der Waals surface area contributed by atoms with Crippen LogP contribution in [-0.2, 0) is 11.8 Å². The van der Waals surface area contributed by atoms with E-state index in [0.29, 0.717) is 5.75 Å². The lowest BCUT2D eigenvalue weighted by molar-refractivity contribution is 0.345. The van der Waals surface area contributed by atoms with Gasteiger partial charge in [-0.1, -0.05) is 68.5 Å². The van der Waals surface area contributed by atoms with Crippen molar-refractivity contribution in [3.8, 4) is 5.75 Å². The van der Waals surface area contributed by atoms with E-state index in [-0.39, 0.29) is 5.41 Å². The summed E-state index contributed by atoms with van der Waals surface area (Å²) < 4.78 is 0. The van der Waals surface area contributed by atoms with Crippen molar-refractivity contribution >= 4 is 0 Å². The number of rotatable bonds is 5. The molecule has 0 aliphatic heterocycles. The van der Waals surface area contributed by atoms with E-state index in [1.165, 1.54) is 74.5 Å². The van der Waals surface area contributed by atoms with Crippen LogP contribution in [0.25, 0.3) is 0 Å². The number of aryl methyl sites for hydroxylation is 1. The Morgan fingerprint density at radius 2 is 1.38 bits per heavy atom. The Hall–Kier alpha value is -1.76. The predicted molar refractivity (Wildman–Crippen MR) is 99.5 cm³/mol. The summed E-state index contributed by atoms with van der Waals surface area (Å²) in [7, 11) is 0. The van der Waals surface area contributed by atoms with Gasteiger partial charge in [-0.15, -0.1) is 0 Å². The van der Waals surface area contributed by atoms with Gasteiger partial charge in [0.05, 0.1) is 0 Å². The normalized spacial score (nSPS) is 20.0. The molecule has 1 nitrogen and oxygen atoms in total. The van der Waals surface area contributed by atoms with E-state index in [1.807, 2.05) is 12.1 Å². The molecule has 0 amide bonds. The van der Waals surface area contributed by atoms with Gasteiger partial charge in [-0.3, -0.25) is 0 Å². The molecule has 2 aliphatic rings. The minimum Gasteiger partial charge on any atom is -0.508 e. The third-order valence-corrected chi connectivity index (χ3v) is 6.17. The molecule has 2 fully saturated rings. The summed E-state index contributed by atoms with van der Waals surface area (Å²) in [6, 6.07) is 17.4. The Morgan fingerprint density at radius 3 is 1.96 bits per heavy atom. The summed E-state index contributed by atoms with van der Waals surface area (Å²) in [5.74, 6) is 1.37. The number of benzene rings is 2. The lowest BCUT2D eigenvalue weighted by atomic mass is 9.65. The second kappa shape index (κ2) is 6.63. The second-order valence-corrected chi connectivity index (χ2v) is 7.87. The molecule has 1 N–H and O–H groups in total. The van der Waals surface area contributed by atoms with Crippen molar-refractivity contribution in [1.82, 2.24) is 0 Å². The van der Waals surface area contributed by atoms with E-state index >= 15 is 0 Å². The van der Waals surface area contributed by atoms with Crippen molar-refractivity contribution in [3.05, 3.63) is 65.2 Å². The van der Waals surface area contributed by atoms with Gasteiger partial charge in [0.1, 0.15) is 5.75 Å². The van der Waals surface area contributed by atoms with Gasteiger partial charge < -0.3 is 5.11 Å². The van der Waals surface area contributed by atoms with Crippen LogP contribution in [0.2, 0.25) is 0 Å². The van der Waals surface area contributed by atoms with Gasteiger partial charge in [0.15, 0.2) is 0 Å². The highest BCUT2D eigenvalue weighted by molar-refractivity contribution is 5.42. The minimum atomic E-state index is 0.140. The molecular weight excluding hydrogens is 292 g/mol. The van der Waals surface area contributed by atoms with Gasteiger partial charge in [0, 0.05) is 5.41 Å². The first kappa shape index (κ1) is 15.7. The van der Waals surface area contributed by atoms with Crippen LogP contribution in [-0.4, -0.2) is 5.11 Å². The molecule has 2 aromatic rings. The largest absolute Gasteiger partial charge is 0.508 e. The van der Waals surface area contributed by atoms with Crippen LogP contribution >= 0.6 is 0 Å². The van der Waals surface area contributed by atoms with Crippen molar-refractivity contribution < 1.29 is 5.11 Å². The third-order valence-electron chi connectivity index (χ3n) is 6.17. The Morgan fingerprint density at radius 1 is 0.792 bits per heavy atom. The molecule has 2 aromatic carbocycles. The Kier molecular flexibility index (Phi) is 4.35. The smallest absolute Gasteiger partial charge is 0.115 e. The van der Waals surface area contributed by atoms with E-state index in [4.69, 9.17) is 0 Å². The zero-order valence-corrected chi connectivity index (χ0v) is 14.5. The highest BCUT2D eigenvalue weighted by Crippen LogP contribution is 2.45. The fraction of sp³-hybridized carbons (Fsp3) is 0.478. The zero-order chi connectivity index (χ0) is 16.4. The molecule has 2 aliphatic carbocycles. The highest BCUT2D eigenvalue weighted by Gasteiger charge is 2.35. The van der Waals surface area contributed by atoms with Crippen molar-refractivity contribution in [1.29, 1.82) is 0 Å². The molecule has 0 spiro atoms. The van der Waals surface area contributed by atoms with Crippen molar-refractivity contribution in [2.24, 2.45) is 5.92 Å². The van der Waals surface area contributed by atoms with Gasteiger partial charge in [-0.25, -0.2) is 0 Å². The molecule has 0 unspecified atom stereocenters. The Balaban J connectivity index is 1.61. The molecule has 0 aromatic heterocycles. The molecular formula is C23H28O. The highest BCUT2D eigenvalue weighted by atomic mass is 16.3. The summed E-state index contributed by atoms with van der Waals surface area (Å²) >= 11 is 0. The molecule has 0 atom stereocenters. The van der Waals surface area contributed by atoms with Crippen LogP contribution in [0.4, 0.5) is 0 Å². The molecule has 0 saturated heterocycles. The fourth-order valence-corrected chi connectivity index (χ4v) is 4.45. The van der Waals surface area contributed by atoms with Gasteiger partial charge in [0.25, 0.3) is 0 Å². The van der Waals surface area contributed by atoms with Gasteiger partial charge in [-0.2, -0.15) is 0 Å². The molecule has 1 heteroatoms. The molecule has 0 radical (unpaired) electrons. The first-order chi connectivity index (χ1) is 11.8. The quantitative estimate of drug-likeness (QED) is 0.718. The van der Waals surface area contributed by atoms with Crippen LogP contribution in [0, 0.1) is 5.92 Å². The van der Waals surface area contributed by atoms with E-state index in [9.17, 15) is 5.11 Å². The first-order valence-electron chi connectivity index (χ1n) is 9.65. The maximum Gasteiger partial charge on any atom is 0.115 e. The van der Waals surface area contributed by atoms with Crippen molar-refractivity contribution in [2.75, 3.05) is 0 Å². The van der Waals surface area contributed by atoms with E-state index < -0.39 is 0 Å². The molecule has 126 valence electrons. The van der Waals surface area contributed by atoms with Crippen LogP contribution in [0.3, 0.4) is 0 Å². The average Bonchev–Trinajstić information content (AvgIpc) is 3.46. The maximum absolute atomic E-state index is 9.65. The minimum absolute atomic E-state index is 0.140. The average molecular weight is 320 g/mol. The number of aromatic hydroxyl groups is 1. The summed E-state index contributed by atoms with van der Waals surface area (Å²) in [6.07, 6.45) is 11.9. The SMILES string of the molecule is Oc1ccc(C2(c3ccc(CCC4CC4)cc3)CCCCC2)cc1. The van der Waals surface area contributed by atoms with Gasteiger partial charge in [0.2, 0.25) is 0 Å². The van der Waals surface area contributed by atoms with Crippen molar-refractivity contribution in [3.63, 3.8) is 0 Å². The van der Waals surface area contributed by atoms with E-state index in [2.05, 4.69) is 36.4 Å². The number of phenols is 1. The summed E-state index contributed by atoms with van der Waals surface area (Å²) in [5.41, 5.74) is 4.46. The van der Waals surface area contributed by atoms with Crippen LogP contribution in [0.1, 0.15) is 68.1 Å². The number of hydrogen-bond donors (Lipinski definition) is 1. The standard InChI is InChI=1S/C23H28O/c24-22-14-12-21(13-15-22)23(16-2-1-3-17-23)20-10-8-19(9-11-20)7-6-18-4-5-18/h8-15,18,24H,1-7,16-17H2. The molecule has 24 heavy (non-hydrogen) atoms. The number of hydrogen-bond acceptors (Lipinski definition) is 1. The maximum atomic E-state index is 9.65. The summed E-state index contributed by atoms with van der Waals surface area (Å²) in [5, 5.41) is 9.65. The molecule has 2 saturated carbocycles. The monoisotopic (exact) mass is 320 g/mol. The number of phenolic OH excluding ortho intramolecular Hbond substituents is 1. The zero-order valence-electron chi connectivity index (χ0n) is 14.5. The molecule has 0 bridgehead atoms. The Labute approximate surface area is 145 Å². The summed E-state index contributed by atoms with van der Waals surface area (Å²) in [4.78, 5) is 0. The fourth-order valence-electron chi connectivity index (χ4n) is 4.45. The van der Waals surface area contributed by atoms with Crippen molar-refractivity contribution in [2.45, 2.75) is 63.2 Å². The molecule has 0 heterocycles. The second-order valence-electron chi connectivity index (χ2n) is 7.87. The van der Waals surface area contributed by atoms with Crippen LogP contribution < -0.4 is 0 Å².